The fraction of sp³-hybridized carbons (Fsp3) is 0.579. The Balaban J connectivity index is 0.00000364. The zero-order chi connectivity index (χ0) is 19.2. The number of amides is 2. The zero-order valence-electron chi connectivity index (χ0n) is 15.8. The Morgan fingerprint density at radius 3 is 2.52 bits per heavy atom. The maximum absolute atomic E-state index is 12.2. The molecule has 0 aromatic heterocycles. The van der Waals surface area contributed by atoms with E-state index in [1.165, 1.54) is 0 Å². The van der Waals surface area contributed by atoms with Crippen molar-refractivity contribution >= 4 is 35.8 Å². The maximum Gasteiger partial charge on any atom is 0.239 e. The normalized spacial score (nSPS) is 16.9. The number of hydrogen-bond donors (Lipinski definition) is 3. The van der Waals surface area contributed by atoms with Crippen LogP contribution >= 0.6 is 24.0 Å². The van der Waals surface area contributed by atoms with Crippen molar-refractivity contribution in [3.05, 3.63) is 34.9 Å². The number of rotatable bonds is 7. The van der Waals surface area contributed by atoms with E-state index in [0.29, 0.717) is 24.8 Å². The molecule has 0 unspecified atom stereocenters. The van der Waals surface area contributed by atoms with Crippen LogP contribution in [-0.4, -0.2) is 44.2 Å². The summed E-state index contributed by atoms with van der Waals surface area (Å²) >= 11 is 6.15. The van der Waals surface area contributed by atoms with E-state index in [-0.39, 0.29) is 42.1 Å². The van der Waals surface area contributed by atoms with E-state index in [1.807, 2.05) is 38.1 Å². The molecule has 1 aliphatic heterocycles. The predicted octanol–water partition coefficient (Wildman–Crippen LogP) is 2.03. The Bertz CT molecular complexity index is 634. The summed E-state index contributed by atoms with van der Waals surface area (Å²) in [6.45, 7) is 5.40. The second kappa shape index (κ2) is 10.9. The molecule has 0 bridgehead atoms. The van der Waals surface area contributed by atoms with E-state index in [2.05, 4.69) is 10.6 Å². The summed E-state index contributed by atoms with van der Waals surface area (Å²) in [6, 6.07) is 7.12. The second-order valence-electron chi connectivity index (χ2n) is 7.17. The SMILES string of the molecule is CC(C)[C@H](N)C(=O)NCC(=O)NCC1(c2cccc(Cl)c2)CCOCC1.Cl. The van der Waals surface area contributed by atoms with Crippen molar-refractivity contribution in [3.63, 3.8) is 0 Å². The van der Waals surface area contributed by atoms with Crippen LogP contribution in [0.5, 0.6) is 0 Å². The molecule has 1 aliphatic rings. The molecule has 1 heterocycles. The van der Waals surface area contributed by atoms with Crippen LogP contribution in [0.4, 0.5) is 0 Å². The van der Waals surface area contributed by atoms with Crippen LogP contribution in [0, 0.1) is 5.92 Å². The average Bonchev–Trinajstić information content (AvgIpc) is 2.64. The lowest BCUT2D eigenvalue weighted by Crippen LogP contribution is -2.49. The highest BCUT2D eigenvalue weighted by atomic mass is 35.5. The monoisotopic (exact) mass is 417 g/mol. The molecule has 27 heavy (non-hydrogen) atoms. The molecule has 2 rings (SSSR count). The third-order valence-corrected chi connectivity index (χ3v) is 5.19. The van der Waals surface area contributed by atoms with Gasteiger partial charge in [-0.1, -0.05) is 37.6 Å². The lowest BCUT2D eigenvalue weighted by molar-refractivity contribution is -0.127. The topological polar surface area (TPSA) is 93.5 Å². The van der Waals surface area contributed by atoms with Gasteiger partial charge in [0.15, 0.2) is 0 Å². The molecular formula is C19H29Cl2N3O3. The number of nitrogens with one attached hydrogen (secondary N) is 2. The van der Waals surface area contributed by atoms with Crippen molar-refractivity contribution in [2.24, 2.45) is 11.7 Å². The van der Waals surface area contributed by atoms with Gasteiger partial charge in [-0.25, -0.2) is 0 Å². The Labute approximate surface area is 172 Å². The van der Waals surface area contributed by atoms with E-state index >= 15 is 0 Å². The van der Waals surface area contributed by atoms with Gasteiger partial charge in [-0.2, -0.15) is 0 Å². The third kappa shape index (κ3) is 6.64. The summed E-state index contributed by atoms with van der Waals surface area (Å²) in [5.74, 6) is -0.528. The molecule has 0 saturated carbocycles. The quantitative estimate of drug-likeness (QED) is 0.632. The minimum Gasteiger partial charge on any atom is -0.381 e. The zero-order valence-corrected chi connectivity index (χ0v) is 17.4. The molecule has 0 radical (unpaired) electrons. The van der Waals surface area contributed by atoms with E-state index in [9.17, 15) is 9.59 Å². The molecule has 8 heteroatoms. The largest absolute Gasteiger partial charge is 0.381 e. The highest BCUT2D eigenvalue weighted by Gasteiger charge is 2.35. The Kier molecular flexibility index (Phi) is 9.53. The van der Waals surface area contributed by atoms with Crippen LogP contribution in [0.15, 0.2) is 24.3 Å². The number of halogens is 2. The minimum absolute atomic E-state index is 0. The van der Waals surface area contributed by atoms with Crippen LogP contribution < -0.4 is 16.4 Å². The number of nitrogens with two attached hydrogens (primary N) is 1. The first-order chi connectivity index (χ1) is 12.3. The van der Waals surface area contributed by atoms with Crippen LogP contribution in [0.25, 0.3) is 0 Å². The number of carbonyl (C=O) groups is 2. The summed E-state index contributed by atoms with van der Waals surface area (Å²) < 4.78 is 5.49. The molecule has 0 aliphatic carbocycles. The lowest BCUT2D eigenvalue weighted by Gasteiger charge is -2.38. The van der Waals surface area contributed by atoms with Crippen molar-refractivity contribution in [2.45, 2.75) is 38.1 Å². The molecule has 1 saturated heterocycles. The van der Waals surface area contributed by atoms with Crippen molar-refractivity contribution in [2.75, 3.05) is 26.3 Å². The summed E-state index contributed by atoms with van der Waals surface area (Å²) in [5, 5.41) is 6.21. The van der Waals surface area contributed by atoms with E-state index in [4.69, 9.17) is 22.1 Å². The van der Waals surface area contributed by atoms with Gasteiger partial charge in [-0.3, -0.25) is 9.59 Å². The van der Waals surface area contributed by atoms with Gasteiger partial charge in [-0.05, 0) is 36.5 Å². The van der Waals surface area contributed by atoms with Crippen LogP contribution in [0.3, 0.4) is 0 Å². The smallest absolute Gasteiger partial charge is 0.239 e. The lowest BCUT2D eigenvalue weighted by atomic mass is 9.74. The molecule has 2 amide bonds. The number of benzene rings is 1. The molecule has 4 N–H and O–H groups in total. The molecule has 152 valence electrons. The Morgan fingerprint density at radius 2 is 1.93 bits per heavy atom. The first-order valence-electron chi connectivity index (χ1n) is 8.98. The fourth-order valence-corrected chi connectivity index (χ4v) is 3.26. The summed E-state index contributed by atoms with van der Waals surface area (Å²) in [7, 11) is 0. The van der Waals surface area contributed by atoms with E-state index in [0.717, 1.165) is 18.4 Å². The van der Waals surface area contributed by atoms with Gasteiger partial charge >= 0.3 is 0 Å². The van der Waals surface area contributed by atoms with Gasteiger partial charge in [0.1, 0.15) is 0 Å². The van der Waals surface area contributed by atoms with Gasteiger partial charge in [-0.15, -0.1) is 12.4 Å². The molecule has 6 nitrogen and oxygen atoms in total. The average molecular weight is 418 g/mol. The summed E-state index contributed by atoms with van der Waals surface area (Å²) in [5.41, 5.74) is 6.66. The van der Waals surface area contributed by atoms with Crippen molar-refractivity contribution in [3.8, 4) is 0 Å². The number of ether oxygens (including phenoxy) is 1. The molecule has 1 atom stereocenters. The van der Waals surface area contributed by atoms with Crippen molar-refractivity contribution in [1.29, 1.82) is 0 Å². The van der Waals surface area contributed by atoms with Crippen LogP contribution in [0.1, 0.15) is 32.3 Å². The number of hydrogen-bond acceptors (Lipinski definition) is 4. The van der Waals surface area contributed by atoms with Gasteiger partial charge < -0.3 is 21.1 Å². The first kappa shape index (κ1) is 23.7. The highest BCUT2D eigenvalue weighted by molar-refractivity contribution is 6.30. The standard InChI is InChI=1S/C19H28ClN3O3.ClH/c1-13(2)17(21)18(25)22-11-16(24)23-12-19(6-8-26-9-7-19)14-4-3-5-15(20)10-14;/h3-5,10,13,17H,6-9,11-12,21H2,1-2H3,(H,22,25)(H,23,24);1H/t17-;/m0./s1. The molecule has 0 spiro atoms. The Hall–Kier alpha value is -1.34. The molecule has 1 aromatic rings. The maximum atomic E-state index is 12.2. The van der Waals surface area contributed by atoms with Gasteiger partial charge in [0, 0.05) is 30.2 Å². The van der Waals surface area contributed by atoms with Crippen LogP contribution in [-0.2, 0) is 19.7 Å². The van der Waals surface area contributed by atoms with Crippen LogP contribution in [0.2, 0.25) is 5.02 Å². The Morgan fingerprint density at radius 1 is 1.26 bits per heavy atom. The van der Waals surface area contributed by atoms with Gasteiger partial charge in [0.05, 0.1) is 12.6 Å². The second-order valence-corrected chi connectivity index (χ2v) is 7.60. The van der Waals surface area contributed by atoms with Gasteiger partial charge in [0.2, 0.25) is 11.8 Å². The summed E-state index contributed by atoms with van der Waals surface area (Å²) in [6.07, 6.45) is 1.61. The predicted molar refractivity (Wildman–Crippen MR) is 109 cm³/mol. The summed E-state index contributed by atoms with van der Waals surface area (Å²) in [4.78, 5) is 24.1. The van der Waals surface area contributed by atoms with Crippen molar-refractivity contribution in [1.82, 2.24) is 10.6 Å². The fourth-order valence-electron chi connectivity index (χ4n) is 3.07. The first-order valence-corrected chi connectivity index (χ1v) is 9.36. The molecule has 1 aromatic carbocycles. The highest BCUT2D eigenvalue weighted by Crippen LogP contribution is 2.35. The third-order valence-electron chi connectivity index (χ3n) is 4.96. The van der Waals surface area contributed by atoms with E-state index < -0.39 is 6.04 Å². The van der Waals surface area contributed by atoms with E-state index in [1.54, 1.807) is 0 Å². The molecular weight excluding hydrogens is 389 g/mol. The van der Waals surface area contributed by atoms with Crippen molar-refractivity contribution < 1.29 is 14.3 Å². The van der Waals surface area contributed by atoms with Gasteiger partial charge in [0.25, 0.3) is 0 Å². The number of carbonyl (C=O) groups excluding carboxylic acids is 2. The minimum atomic E-state index is -0.615. The molecule has 1 fully saturated rings.